The molecule has 0 atom stereocenters. The molecule has 5 rings (SSSR count). The Hall–Kier alpha value is -3.24. The highest BCUT2D eigenvalue weighted by atomic mass is 16.5. The van der Waals surface area contributed by atoms with Crippen molar-refractivity contribution >= 4 is 24.0 Å². The van der Waals surface area contributed by atoms with Crippen molar-refractivity contribution < 1.29 is 9.53 Å². The lowest BCUT2D eigenvalue weighted by Crippen LogP contribution is -2.58. The standard InChI is InChI=1S/C22H28N8O2/c1-15-3-2-4-16(9-15)10-24-28-21-26-19-14-30(22(31)25-17-11-23-12-17)13-18(19)20(27-21)29-5-7-32-8-6-29/h2-4,9-10,17,23H,5-8,11-14H2,1H3,(H,25,31)(H,26,27,28)/b24-10+. The van der Waals surface area contributed by atoms with E-state index in [1.54, 1.807) is 11.1 Å². The van der Waals surface area contributed by atoms with Crippen LogP contribution < -0.4 is 21.0 Å². The number of nitrogens with zero attached hydrogens (tertiary/aromatic N) is 5. The maximum Gasteiger partial charge on any atom is 0.318 e. The quantitative estimate of drug-likeness (QED) is 0.475. The van der Waals surface area contributed by atoms with Gasteiger partial charge in [-0.25, -0.2) is 15.2 Å². The second-order valence-electron chi connectivity index (χ2n) is 8.34. The normalized spacial score (nSPS) is 18.5. The third-order valence-electron chi connectivity index (χ3n) is 5.89. The molecule has 168 valence electrons. The molecular formula is C22H28N8O2. The van der Waals surface area contributed by atoms with Gasteiger partial charge in [0, 0.05) is 31.7 Å². The summed E-state index contributed by atoms with van der Waals surface area (Å²) in [5.41, 5.74) is 7.01. The Morgan fingerprint density at radius 2 is 2.09 bits per heavy atom. The summed E-state index contributed by atoms with van der Waals surface area (Å²) in [5.74, 6) is 1.28. The number of urea groups is 1. The van der Waals surface area contributed by atoms with E-state index in [2.05, 4.69) is 37.1 Å². The van der Waals surface area contributed by atoms with Crippen LogP contribution in [0.4, 0.5) is 16.6 Å². The molecule has 3 aliphatic rings. The van der Waals surface area contributed by atoms with Gasteiger partial charge in [0.05, 0.1) is 44.3 Å². The van der Waals surface area contributed by atoms with E-state index in [-0.39, 0.29) is 12.1 Å². The summed E-state index contributed by atoms with van der Waals surface area (Å²) >= 11 is 0. The minimum absolute atomic E-state index is 0.0607. The van der Waals surface area contributed by atoms with Crippen LogP contribution in [0, 0.1) is 6.92 Å². The predicted octanol–water partition coefficient (Wildman–Crippen LogP) is 1.06. The van der Waals surface area contributed by atoms with Gasteiger partial charge in [-0.3, -0.25) is 0 Å². The molecular weight excluding hydrogens is 408 g/mol. The fraction of sp³-hybridized carbons (Fsp3) is 0.455. The molecule has 2 saturated heterocycles. The summed E-state index contributed by atoms with van der Waals surface area (Å²) in [6, 6.07) is 8.24. The lowest BCUT2D eigenvalue weighted by molar-refractivity contribution is 0.122. The number of carbonyl (C=O) groups is 1. The smallest absolute Gasteiger partial charge is 0.318 e. The molecule has 1 aromatic carbocycles. The maximum atomic E-state index is 12.7. The Kier molecular flexibility index (Phi) is 5.87. The van der Waals surface area contributed by atoms with Gasteiger partial charge in [0.1, 0.15) is 5.82 Å². The minimum atomic E-state index is -0.0607. The van der Waals surface area contributed by atoms with Gasteiger partial charge in [-0.1, -0.05) is 29.8 Å². The van der Waals surface area contributed by atoms with Crippen molar-refractivity contribution in [2.24, 2.45) is 5.10 Å². The first-order valence-corrected chi connectivity index (χ1v) is 11.0. The molecule has 2 aromatic rings. The third-order valence-corrected chi connectivity index (χ3v) is 5.89. The molecule has 10 heteroatoms. The van der Waals surface area contributed by atoms with Crippen LogP contribution in [0.25, 0.3) is 0 Å². The molecule has 1 aromatic heterocycles. The molecule has 4 heterocycles. The first-order chi connectivity index (χ1) is 15.7. The summed E-state index contributed by atoms with van der Waals surface area (Å²) in [6.45, 7) is 7.48. The van der Waals surface area contributed by atoms with Crippen LogP contribution in [-0.2, 0) is 17.8 Å². The molecule has 10 nitrogen and oxygen atoms in total. The number of hydrazone groups is 1. The number of rotatable bonds is 5. The average molecular weight is 437 g/mol. The van der Waals surface area contributed by atoms with Gasteiger partial charge in [-0.2, -0.15) is 10.1 Å². The number of hydrogen-bond donors (Lipinski definition) is 3. The number of anilines is 2. The monoisotopic (exact) mass is 436 g/mol. The Morgan fingerprint density at radius 3 is 2.84 bits per heavy atom. The molecule has 0 radical (unpaired) electrons. The van der Waals surface area contributed by atoms with Crippen molar-refractivity contribution in [3.63, 3.8) is 0 Å². The molecule has 0 bridgehead atoms. The predicted molar refractivity (Wildman–Crippen MR) is 122 cm³/mol. The van der Waals surface area contributed by atoms with Crippen molar-refractivity contribution in [3.05, 3.63) is 46.6 Å². The summed E-state index contributed by atoms with van der Waals surface area (Å²) in [4.78, 5) is 26.2. The number of nitrogens with one attached hydrogen (secondary N) is 3. The zero-order valence-electron chi connectivity index (χ0n) is 18.2. The van der Waals surface area contributed by atoms with E-state index in [1.165, 1.54) is 5.56 Å². The minimum Gasteiger partial charge on any atom is -0.378 e. The Bertz CT molecular complexity index is 1020. The number of morpholine rings is 1. The van der Waals surface area contributed by atoms with Crippen LogP contribution in [0.15, 0.2) is 29.4 Å². The van der Waals surface area contributed by atoms with E-state index in [4.69, 9.17) is 9.72 Å². The van der Waals surface area contributed by atoms with Crippen LogP contribution in [0.1, 0.15) is 22.4 Å². The maximum absolute atomic E-state index is 12.7. The SMILES string of the molecule is Cc1cccc(/C=N/Nc2nc3c(c(N4CCOCC4)n2)CN(C(=O)NC2CNC2)C3)c1. The lowest BCUT2D eigenvalue weighted by Gasteiger charge is -2.30. The molecule has 32 heavy (non-hydrogen) atoms. The zero-order valence-corrected chi connectivity index (χ0v) is 18.2. The van der Waals surface area contributed by atoms with Crippen molar-refractivity contribution in [3.8, 4) is 0 Å². The van der Waals surface area contributed by atoms with Crippen LogP contribution in [0.3, 0.4) is 0 Å². The first kappa shape index (κ1) is 20.7. The largest absolute Gasteiger partial charge is 0.378 e. The number of fused-ring (bicyclic) bond motifs is 1. The number of ether oxygens (including phenoxy) is 1. The van der Waals surface area contributed by atoms with Gasteiger partial charge in [0.15, 0.2) is 0 Å². The van der Waals surface area contributed by atoms with E-state index in [1.807, 2.05) is 25.1 Å². The molecule has 0 saturated carbocycles. The van der Waals surface area contributed by atoms with E-state index < -0.39 is 0 Å². The average Bonchev–Trinajstić information content (AvgIpc) is 3.21. The summed E-state index contributed by atoms with van der Waals surface area (Å²) in [5, 5.41) is 10.6. The van der Waals surface area contributed by atoms with Gasteiger partial charge in [0.25, 0.3) is 0 Å². The van der Waals surface area contributed by atoms with Crippen molar-refractivity contribution in [1.29, 1.82) is 0 Å². The topological polar surface area (TPSA) is 107 Å². The summed E-state index contributed by atoms with van der Waals surface area (Å²) in [7, 11) is 0. The molecule has 0 unspecified atom stereocenters. The van der Waals surface area contributed by atoms with Gasteiger partial charge < -0.3 is 25.2 Å². The second kappa shape index (κ2) is 9.09. The first-order valence-electron chi connectivity index (χ1n) is 11.0. The van der Waals surface area contributed by atoms with Crippen molar-refractivity contribution in [1.82, 2.24) is 25.5 Å². The Balaban J connectivity index is 1.36. The number of aromatic nitrogens is 2. The fourth-order valence-electron chi connectivity index (χ4n) is 4.04. The van der Waals surface area contributed by atoms with Crippen molar-refractivity contribution in [2.45, 2.75) is 26.1 Å². The van der Waals surface area contributed by atoms with Crippen LogP contribution in [0.2, 0.25) is 0 Å². The third kappa shape index (κ3) is 4.51. The Labute approximate surface area is 187 Å². The van der Waals surface area contributed by atoms with Gasteiger partial charge in [0.2, 0.25) is 5.95 Å². The lowest BCUT2D eigenvalue weighted by atomic mass is 10.2. The molecule has 2 amide bonds. The van der Waals surface area contributed by atoms with Crippen molar-refractivity contribution in [2.75, 3.05) is 49.7 Å². The van der Waals surface area contributed by atoms with Gasteiger partial charge >= 0.3 is 6.03 Å². The second-order valence-corrected chi connectivity index (χ2v) is 8.34. The van der Waals surface area contributed by atoms with Crippen LogP contribution in [-0.4, -0.2) is 72.5 Å². The highest BCUT2D eigenvalue weighted by Gasteiger charge is 2.32. The zero-order chi connectivity index (χ0) is 21.9. The van der Waals surface area contributed by atoms with E-state index >= 15 is 0 Å². The van der Waals surface area contributed by atoms with E-state index in [9.17, 15) is 4.79 Å². The summed E-state index contributed by atoms with van der Waals surface area (Å²) in [6.07, 6.45) is 1.75. The highest BCUT2D eigenvalue weighted by molar-refractivity contribution is 5.80. The molecule has 3 N–H and O–H groups in total. The number of benzene rings is 1. The number of hydrogen-bond acceptors (Lipinski definition) is 8. The summed E-state index contributed by atoms with van der Waals surface area (Å²) < 4.78 is 5.51. The number of carbonyl (C=O) groups excluding carboxylic acids is 1. The molecule has 3 aliphatic heterocycles. The molecule has 2 fully saturated rings. The number of amides is 2. The highest BCUT2D eigenvalue weighted by Crippen LogP contribution is 2.31. The Morgan fingerprint density at radius 1 is 1.25 bits per heavy atom. The fourth-order valence-corrected chi connectivity index (χ4v) is 4.04. The van der Waals surface area contributed by atoms with Crippen LogP contribution in [0.5, 0.6) is 0 Å². The molecule has 0 aliphatic carbocycles. The van der Waals surface area contributed by atoms with E-state index in [0.29, 0.717) is 32.3 Å². The van der Waals surface area contributed by atoms with Gasteiger partial charge in [-0.15, -0.1) is 0 Å². The van der Waals surface area contributed by atoms with Gasteiger partial charge in [-0.05, 0) is 12.5 Å². The van der Waals surface area contributed by atoms with Crippen LogP contribution >= 0.6 is 0 Å². The molecule has 0 spiro atoms. The number of aryl methyl sites for hydroxylation is 1. The van der Waals surface area contributed by atoms with E-state index in [0.717, 1.165) is 48.8 Å².